The zero-order valence-corrected chi connectivity index (χ0v) is 15.5. The number of carbonyl (C=O) groups is 1. The molecule has 2 aromatic rings. The van der Waals surface area contributed by atoms with Gasteiger partial charge in [-0.15, -0.1) is 24.8 Å². The largest absolute Gasteiger partial charge is 0.399 e. The van der Waals surface area contributed by atoms with E-state index in [4.69, 9.17) is 5.73 Å². The highest BCUT2D eigenvalue weighted by Crippen LogP contribution is 2.31. The first-order valence-electron chi connectivity index (χ1n) is 6.94. The molecule has 1 aromatic heterocycles. The number of aryl methyl sites for hydroxylation is 1. The molecule has 1 unspecified atom stereocenters. The summed E-state index contributed by atoms with van der Waals surface area (Å²) in [6.45, 7) is 0. The van der Waals surface area contributed by atoms with Gasteiger partial charge in [0.05, 0.1) is 6.04 Å². The van der Waals surface area contributed by atoms with Crippen molar-refractivity contribution < 1.29 is 4.79 Å². The van der Waals surface area contributed by atoms with Crippen LogP contribution in [0.1, 0.15) is 40.5 Å². The van der Waals surface area contributed by atoms with Gasteiger partial charge in [-0.05, 0) is 70.6 Å². The summed E-state index contributed by atoms with van der Waals surface area (Å²) in [7, 11) is 0. The molecular weight excluding hydrogens is 401 g/mol. The Hall–Kier alpha value is -1.30. The minimum absolute atomic E-state index is 0. The first-order valence-corrected chi connectivity index (χ1v) is 7.73. The van der Waals surface area contributed by atoms with Crippen LogP contribution in [-0.4, -0.2) is 10.9 Å². The fourth-order valence-corrected chi connectivity index (χ4v) is 2.96. The van der Waals surface area contributed by atoms with Gasteiger partial charge in [-0.2, -0.15) is 0 Å². The van der Waals surface area contributed by atoms with E-state index in [0.29, 0.717) is 5.69 Å². The molecule has 4 nitrogen and oxygen atoms in total. The lowest BCUT2D eigenvalue weighted by atomic mass is 9.87. The number of rotatable bonds is 2. The molecule has 0 bridgehead atoms. The molecule has 0 saturated carbocycles. The van der Waals surface area contributed by atoms with E-state index in [-0.39, 0.29) is 36.8 Å². The van der Waals surface area contributed by atoms with E-state index in [1.165, 1.54) is 11.1 Å². The van der Waals surface area contributed by atoms with Gasteiger partial charge < -0.3 is 11.1 Å². The average Bonchev–Trinajstić information content (AvgIpc) is 2.47. The number of nitrogens with two attached hydrogens (primary N) is 1. The Morgan fingerprint density at radius 3 is 2.74 bits per heavy atom. The van der Waals surface area contributed by atoms with Crippen LogP contribution < -0.4 is 11.1 Å². The summed E-state index contributed by atoms with van der Waals surface area (Å²) in [5, 5.41) is 3.07. The Kier molecular flexibility index (Phi) is 7.32. The van der Waals surface area contributed by atoms with Gasteiger partial charge in [0, 0.05) is 16.4 Å². The van der Waals surface area contributed by atoms with Crippen LogP contribution in [0.5, 0.6) is 0 Å². The van der Waals surface area contributed by atoms with E-state index in [1.807, 2.05) is 24.3 Å². The quantitative estimate of drug-likeness (QED) is 0.722. The summed E-state index contributed by atoms with van der Waals surface area (Å²) in [6.07, 6.45) is 4.64. The van der Waals surface area contributed by atoms with Crippen molar-refractivity contribution in [1.82, 2.24) is 10.3 Å². The van der Waals surface area contributed by atoms with Gasteiger partial charge in [-0.25, -0.2) is 4.98 Å². The fourth-order valence-electron chi connectivity index (χ4n) is 2.73. The minimum Gasteiger partial charge on any atom is -0.399 e. The third kappa shape index (κ3) is 4.59. The van der Waals surface area contributed by atoms with Crippen LogP contribution in [0, 0.1) is 0 Å². The predicted octanol–water partition coefficient (Wildman–Crippen LogP) is 4.08. The number of nitrogens with zero attached hydrogens (tertiary/aromatic N) is 1. The van der Waals surface area contributed by atoms with Gasteiger partial charge >= 0.3 is 0 Å². The van der Waals surface area contributed by atoms with Gasteiger partial charge in [-0.1, -0.05) is 6.07 Å². The number of nitrogens with one attached hydrogen (secondary N) is 1. The maximum Gasteiger partial charge on any atom is 0.270 e. The number of halogens is 3. The summed E-state index contributed by atoms with van der Waals surface area (Å²) in [6, 6.07) is 9.48. The minimum atomic E-state index is -0.142. The zero-order valence-electron chi connectivity index (χ0n) is 12.3. The molecule has 1 heterocycles. The normalized spacial score (nSPS) is 15.6. The second-order valence-electron chi connectivity index (χ2n) is 5.24. The molecule has 3 N–H and O–H groups in total. The number of carbonyl (C=O) groups excluding carboxylic acids is 1. The van der Waals surface area contributed by atoms with Crippen molar-refractivity contribution in [2.24, 2.45) is 0 Å². The van der Waals surface area contributed by atoms with Gasteiger partial charge in [0.2, 0.25) is 0 Å². The molecular formula is C16H18BrCl2N3O. The maximum atomic E-state index is 12.3. The first kappa shape index (κ1) is 19.7. The molecule has 0 spiro atoms. The number of anilines is 1. The number of hydrogen-bond acceptors (Lipinski definition) is 3. The van der Waals surface area contributed by atoms with Crippen molar-refractivity contribution in [1.29, 1.82) is 0 Å². The Morgan fingerprint density at radius 1 is 1.26 bits per heavy atom. The lowest BCUT2D eigenvalue weighted by molar-refractivity contribution is 0.0927. The molecule has 1 aliphatic carbocycles. The molecule has 1 aliphatic rings. The third-order valence-corrected chi connectivity index (χ3v) is 4.22. The van der Waals surface area contributed by atoms with Crippen LogP contribution in [-0.2, 0) is 6.42 Å². The molecule has 1 atom stereocenters. The van der Waals surface area contributed by atoms with Crippen molar-refractivity contribution >= 4 is 52.3 Å². The highest BCUT2D eigenvalue weighted by atomic mass is 79.9. The SMILES string of the molecule is Cl.Cl.Nc1ccc2c(c1)CCCC2NC(=O)c1ccc(Br)cn1. The molecule has 3 rings (SSSR count). The molecule has 124 valence electrons. The highest BCUT2D eigenvalue weighted by Gasteiger charge is 2.22. The van der Waals surface area contributed by atoms with Crippen LogP contribution in [0.15, 0.2) is 41.0 Å². The summed E-state index contributed by atoms with van der Waals surface area (Å²) >= 11 is 3.32. The zero-order chi connectivity index (χ0) is 14.8. The van der Waals surface area contributed by atoms with Crippen LogP contribution in [0.25, 0.3) is 0 Å². The van der Waals surface area contributed by atoms with Crippen molar-refractivity contribution in [3.63, 3.8) is 0 Å². The molecule has 23 heavy (non-hydrogen) atoms. The van der Waals surface area contributed by atoms with Crippen molar-refractivity contribution in [2.75, 3.05) is 5.73 Å². The average molecular weight is 419 g/mol. The number of nitrogen functional groups attached to an aromatic ring is 1. The van der Waals surface area contributed by atoms with E-state index in [2.05, 4.69) is 26.2 Å². The Morgan fingerprint density at radius 2 is 2.04 bits per heavy atom. The summed E-state index contributed by atoms with van der Waals surface area (Å²) < 4.78 is 0.859. The number of aromatic nitrogens is 1. The topological polar surface area (TPSA) is 68.0 Å². The Bertz CT molecular complexity index is 680. The maximum absolute atomic E-state index is 12.3. The Balaban J connectivity index is 0.00000132. The lowest BCUT2D eigenvalue weighted by Crippen LogP contribution is -2.31. The molecule has 0 saturated heterocycles. The van der Waals surface area contributed by atoms with Gasteiger partial charge in [0.1, 0.15) is 5.69 Å². The van der Waals surface area contributed by atoms with Crippen LogP contribution >= 0.6 is 40.7 Å². The Labute approximate surface area is 156 Å². The van der Waals surface area contributed by atoms with E-state index in [1.54, 1.807) is 12.3 Å². The fraction of sp³-hybridized carbons (Fsp3) is 0.250. The van der Waals surface area contributed by atoms with Gasteiger partial charge in [-0.3, -0.25) is 4.79 Å². The van der Waals surface area contributed by atoms with E-state index < -0.39 is 0 Å². The monoisotopic (exact) mass is 417 g/mol. The number of benzene rings is 1. The summed E-state index contributed by atoms with van der Waals surface area (Å²) in [4.78, 5) is 16.4. The molecule has 7 heteroatoms. The smallest absolute Gasteiger partial charge is 0.270 e. The number of fused-ring (bicyclic) bond motifs is 1. The second kappa shape index (κ2) is 8.52. The molecule has 1 aromatic carbocycles. The van der Waals surface area contributed by atoms with Crippen molar-refractivity contribution in [3.05, 3.63) is 57.8 Å². The van der Waals surface area contributed by atoms with Crippen LogP contribution in [0.2, 0.25) is 0 Å². The molecule has 1 amide bonds. The highest BCUT2D eigenvalue weighted by molar-refractivity contribution is 9.10. The van der Waals surface area contributed by atoms with Gasteiger partial charge in [0.15, 0.2) is 0 Å². The van der Waals surface area contributed by atoms with Crippen molar-refractivity contribution in [2.45, 2.75) is 25.3 Å². The molecule has 0 fully saturated rings. The van der Waals surface area contributed by atoms with E-state index in [0.717, 1.165) is 29.4 Å². The van der Waals surface area contributed by atoms with E-state index in [9.17, 15) is 4.79 Å². The lowest BCUT2D eigenvalue weighted by Gasteiger charge is -2.26. The van der Waals surface area contributed by atoms with Gasteiger partial charge in [0.25, 0.3) is 5.91 Å². The number of pyridine rings is 1. The standard InChI is InChI=1S/C16H16BrN3O.2ClH/c17-11-4-7-15(19-9-11)16(21)20-14-3-1-2-10-8-12(18)5-6-13(10)14;;/h4-9,14H,1-3,18H2,(H,20,21);2*1H. The third-order valence-electron chi connectivity index (χ3n) is 3.75. The molecule has 0 radical (unpaired) electrons. The number of hydrogen-bond donors (Lipinski definition) is 2. The van der Waals surface area contributed by atoms with Crippen molar-refractivity contribution in [3.8, 4) is 0 Å². The first-order chi connectivity index (χ1) is 10.1. The van der Waals surface area contributed by atoms with E-state index >= 15 is 0 Å². The molecule has 0 aliphatic heterocycles. The predicted molar refractivity (Wildman–Crippen MR) is 100 cm³/mol. The summed E-state index contributed by atoms with van der Waals surface area (Å²) in [5.41, 5.74) is 9.44. The van der Waals surface area contributed by atoms with Crippen LogP contribution in [0.4, 0.5) is 5.69 Å². The number of amides is 1. The van der Waals surface area contributed by atoms with Crippen LogP contribution in [0.3, 0.4) is 0 Å². The summed E-state index contributed by atoms with van der Waals surface area (Å²) in [5.74, 6) is -0.142. The second-order valence-corrected chi connectivity index (χ2v) is 6.15.